The molecule has 2 aliphatic rings. The van der Waals surface area contributed by atoms with Gasteiger partial charge in [-0.3, -0.25) is 19.3 Å². The Morgan fingerprint density at radius 2 is 1.57 bits per heavy atom. The first-order valence-corrected chi connectivity index (χ1v) is 7.35. The van der Waals surface area contributed by atoms with Crippen LogP contribution in [0, 0.1) is 0 Å². The number of amides is 3. The first kappa shape index (κ1) is 13.8. The molecule has 0 N–H and O–H groups in total. The quantitative estimate of drug-likeness (QED) is 0.741. The van der Waals surface area contributed by atoms with Crippen LogP contribution in [0.25, 0.3) is 0 Å². The van der Waals surface area contributed by atoms with Crippen molar-refractivity contribution < 1.29 is 14.4 Å². The molecule has 2 aliphatic heterocycles. The van der Waals surface area contributed by atoms with Crippen molar-refractivity contribution in [2.45, 2.75) is 25.7 Å². The van der Waals surface area contributed by atoms with E-state index in [9.17, 15) is 14.4 Å². The Bertz CT molecular complexity index is 616. The van der Waals surface area contributed by atoms with Crippen LogP contribution in [-0.4, -0.2) is 47.7 Å². The topological polar surface area (TPSA) is 57.7 Å². The fourth-order valence-corrected chi connectivity index (χ4v) is 2.95. The van der Waals surface area contributed by atoms with Crippen LogP contribution in [0.3, 0.4) is 0 Å². The van der Waals surface area contributed by atoms with Crippen LogP contribution < -0.4 is 0 Å². The first-order valence-electron chi connectivity index (χ1n) is 7.35. The molecule has 2 heterocycles. The molecule has 1 aromatic rings. The van der Waals surface area contributed by atoms with Gasteiger partial charge in [-0.1, -0.05) is 12.8 Å². The Balaban J connectivity index is 1.89. The summed E-state index contributed by atoms with van der Waals surface area (Å²) in [4.78, 5) is 39.3. The number of carbonyl (C=O) groups excluding carboxylic acids is 3. The van der Waals surface area contributed by atoms with Crippen molar-refractivity contribution in [3.63, 3.8) is 0 Å². The maximum absolute atomic E-state index is 12.5. The number of benzene rings is 1. The molecule has 21 heavy (non-hydrogen) atoms. The maximum Gasteiger partial charge on any atom is 0.261 e. The zero-order valence-electron chi connectivity index (χ0n) is 12.1. The lowest BCUT2D eigenvalue weighted by atomic mass is 10.0. The van der Waals surface area contributed by atoms with Crippen molar-refractivity contribution >= 4 is 17.7 Å². The lowest BCUT2D eigenvalue weighted by Gasteiger charge is -2.20. The van der Waals surface area contributed by atoms with E-state index in [0.717, 1.165) is 43.7 Å². The molecular weight excluding hydrogens is 268 g/mol. The molecule has 0 spiro atoms. The van der Waals surface area contributed by atoms with E-state index in [4.69, 9.17) is 0 Å². The molecule has 110 valence electrons. The minimum Gasteiger partial charge on any atom is -0.339 e. The Morgan fingerprint density at radius 3 is 2.24 bits per heavy atom. The molecule has 0 bridgehead atoms. The minimum atomic E-state index is -0.333. The molecule has 3 rings (SSSR count). The summed E-state index contributed by atoms with van der Waals surface area (Å²) in [7, 11) is 1.46. The van der Waals surface area contributed by atoms with Crippen LogP contribution >= 0.6 is 0 Å². The number of nitrogens with zero attached hydrogens (tertiary/aromatic N) is 2. The second-order valence-corrected chi connectivity index (χ2v) is 5.64. The number of likely N-dealkylation sites (tertiary alicyclic amines) is 1. The van der Waals surface area contributed by atoms with Gasteiger partial charge in [0.2, 0.25) is 0 Å². The van der Waals surface area contributed by atoms with Crippen molar-refractivity contribution in [1.82, 2.24) is 9.80 Å². The lowest BCUT2D eigenvalue weighted by molar-refractivity contribution is 0.0692. The van der Waals surface area contributed by atoms with Gasteiger partial charge in [-0.05, 0) is 31.0 Å². The predicted molar refractivity (Wildman–Crippen MR) is 77.2 cm³/mol. The summed E-state index contributed by atoms with van der Waals surface area (Å²) in [5, 5.41) is 0. The van der Waals surface area contributed by atoms with Gasteiger partial charge in [-0.25, -0.2) is 0 Å². The van der Waals surface area contributed by atoms with Crippen molar-refractivity contribution in [3.8, 4) is 0 Å². The van der Waals surface area contributed by atoms with E-state index in [1.807, 2.05) is 4.90 Å². The third kappa shape index (κ3) is 2.33. The van der Waals surface area contributed by atoms with Crippen LogP contribution in [0.2, 0.25) is 0 Å². The van der Waals surface area contributed by atoms with Crippen molar-refractivity contribution in [2.24, 2.45) is 0 Å². The summed E-state index contributed by atoms with van der Waals surface area (Å²) in [5.74, 6) is -0.682. The number of fused-ring (bicyclic) bond motifs is 1. The molecule has 5 heteroatoms. The summed E-state index contributed by atoms with van der Waals surface area (Å²) in [6.07, 6.45) is 4.37. The van der Waals surface area contributed by atoms with Crippen molar-refractivity contribution in [2.75, 3.05) is 20.1 Å². The number of rotatable bonds is 1. The van der Waals surface area contributed by atoms with E-state index < -0.39 is 0 Å². The zero-order valence-corrected chi connectivity index (χ0v) is 12.1. The zero-order chi connectivity index (χ0) is 15.0. The molecule has 5 nitrogen and oxygen atoms in total. The molecule has 1 fully saturated rings. The first-order chi connectivity index (χ1) is 10.1. The summed E-state index contributed by atoms with van der Waals surface area (Å²) in [6, 6.07) is 4.80. The standard InChI is InChI=1S/C16H18N2O3/c1-17-15(20)12-7-6-11(10-13(12)16(17)21)14(19)18-8-4-2-3-5-9-18/h6-7,10H,2-5,8-9H2,1H3. The molecule has 0 atom stereocenters. The fraction of sp³-hybridized carbons (Fsp3) is 0.438. The molecular formula is C16H18N2O3. The lowest BCUT2D eigenvalue weighted by Crippen LogP contribution is -2.31. The van der Waals surface area contributed by atoms with Gasteiger partial charge in [-0.2, -0.15) is 0 Å². The third-order valence-electron chi connectivity index (χ3n) is 4.23. The average molecular weight is 286 g/mol. The molecule has 0 saturated carbocycles. The van der Waals surface area contributed by atoms with E-state index in [1.165, 1.54) is 7.05 Å². The largest absolute Gasteiger partial charge is 0.339 e. The molecule has 3 amide bonds. The fourth-order valence-electron chi connectivity index (χ4n) is 2.95. The summed E-state index contributed by atoms with van der Waals surface area (Å²) < 4.78 is 0. The maximum atomic E-state index is 12.5. The van der Waals surface area contributed by atoms with Gasteiger partial charge in [0.1, 0.15) is 0 Å². The monoisotopic (exact) mass is 286 g/mol. The van der Waals surface area contributed by atoms with Gasteiger partial charge in [0, 0.05) is 25.7 Å². The van der Waals surface area contributed by atoms with E-state index in [-0.39, 0.29) is 17.7 Å². The van der Waals surface area contributed by atoms with E-state index >= 15 is 0 Å². The second-order valence-electron chi connectivity index (χ2n) is 5.64. The highest BCUT2D eigenvalue weighted by Gasteiger charge is 2.33. The Labute approximate surface area is 123 Å². The summed E-state index contributed by atoms with van der Waals surface area (Å²) in [5.41, 5.74) is 1.21. The molecule has 0 aliphatic carbocycles. The number of imide groups is 1. The highest BCUT2D eigenvalue weighted by molar-refractivity contribution is 6.21. The van der Waals surface area contributed by atoms with E-state index in [1.54, 1.807) is 18.2 Å². The molecule has 1 aromatic carbocycles. The van der Waals surface area contributed by atoms with Crippen LogP contribution in [0.5, 0.6) is 0 Å². The highest BCUT2D eigenvalue weighted by atomic mass is 16.2. The van der Waals surface area contributed by atoms with Crippen LogP contribution in [-0.2, 0) is 0 Å². The summed E-state index contributed by atoms with van der Waals surface area (Å²) >= 11 is 0. The van der Waals surface area contributed by atoms with Gasteiger partial charge >= 0.3 is 0 Å². The molecule has 0 unspecified atom stereocenters. The average Bonchev–Trinajstić information content (AvgIpc) is 2.74. The van der Waals surface area contributed by atoms with Gasteiger partial charge in [0.25, 0.3) is 17.7 Å². The third-order valence-corrected chi connectivity index (χ3v) is 4.23. The van der Waals surface area contributed by atoms with Gasteiger partial charge < -0.3 is 4.90 Å². The molecule has 1 saturated heterocycles. The Morgan fingerprint density at radius 1 is 0.952 bits per heavy atom. The van der Waals surface area contributed by atoms with Crippen LogP contribution in [0.15, 0.2) is 18.2 Å². The van der Waals surface area contributed by atoms with E-state index in [0.29, 0.717) is 16.7 Å². The van der Waals surface area contributed by atoms with Crippen LogP contribution in [0.4, 0.5) is 0 Å². The molecule has 0 radical (unpaired) electrons. The van der Waals surface area contributed by atoms with Gasteiger partial charge in [-0.15, -0.1) is 0 Å². The molecule has 0 aromatic heterocycles. The van der Waals surface area contributed by atoms with Crippen molar-refractivity contribution in [3.05, 3.63) is 34.9 Å². The Kier molecular flexibility index (Phi) is 3.49. The van der Waals surface area contributed by atoms with Gasteiger partial charge in [0.05, 0.1) is 11.1 Å². The summed E-state index contributed by atoms with van der Waals surface area (Å²) in [6.45, 7) is 1.53. The van der Waals surface area contributed by atoms with Gasteiger partial charge in [0.15, 0.2) is 0 Å². The minimum absolute atomic E-state index is 0.0468. The Hall–Kier alpha value is -2.17. The number of carbonyl (C=O) groups is 3. The second kappa shape index (κ2) is 5.31. The number of hydrogen-bond acceptors (Lipinski definition) is 3. The number of hydrogen-bond donors (Lipinski definition) is 0. The SMILES string of the molecule is CN1C(=O)c2ccc(C(=O)N3CCCCCC3)cc2C1=O. The van der Waals surface area contributed by atoms with E-state index in [2.05, 4.69) is 0 Å². The highest BCUT2D eigenvalue weighted by Crippen LogP contribution is 2.23. The normalized spacial score (nSPS) is 18.7. The predicted octanol–water partition coefficient (Wildman–Crippen LogP) is 1.93. The van der Waals surface area contributed by atoms with Crippen molar-refractivity contribution in [1.29, 1.82) is 0 Å². The van der Waals surface area contributed by atoms with Crippen LogP contribution in [0.1, 0.15) is 56.8 Å². The smallest absolute Gasteiger partial charge is 0.261 e.